The van der Waals surface area contributed by atoms with Crippen LogP contribution in [-0.4, -0.2) is 27.1 Å². The van der Waals surface area contributed by atoms with E-state index in [1.807, 2.05) is 6.92 Å². The van der Waals surface area contributed by atoms with Gasteiger partial charge in [0.2, 0.25) is 0 Å². The van der Waals surface area contributed by atoms with E-state index < -0.39 is 7.32 Å². The maximum absolute atomic E-state index is 5.19. The van der Waals surface area contributed by atoms with Gasteiger partial charge in [0.15, 0.2) is 0 Å². The van der Waals surface area contributed by atoms with Gasteiger partial charge in [-0.2, -0.15) is 0 Å². The molecule has 0 unspecified atom stereocenters. The van der Waals surface area contributed by atoms with Gasteiger partial charge in [0.25, 0.3) is 0 Å². The summed E-state index contributed by atoms with van der Waals surface area (Å²) in [6, 6.07) is 0. The monoisotopic (exact) mass is 144 g/mol. The Morgan fingerprint density at radius 2 is 2.10 bits per heavy atom. The number of rotatable bonds is 2. The highest BCUT2D eigenvalue weighted by Crippen LogP contribution is 2.07. The fourth-order valence-corrected chi connectivity index (χ4v) is 0.814. The van der Waals surface area contributed by atoms with Crippen LogP contribution in [0.5, 0.6) is 0 Å². The van der Waals surface area contributed by atoms with E-state index in [1.165, 1.54) is 0 Å². The third kappa shape index (κ3) is 2.29. The molecule has 0 spiro atoms. The molecule has 0 atom stereocenters. The van der Waals surface area contributed by atoms with Crippen LogP contribution in [0.3, 0.4) is 0 Å². The minimum atomic E-state index is -0.416. The molecule has 4 heteroatoms. The summed E-state index contributed by atoms with van der Waals surface area (Å²) in [7, 11) is -0.416. The number of hydrogen-bond acceptors (Lipinski definition) is 3. The van der Waals surface area contributed by atoms with E-state index in [-0.39, 0.29) is 0 Å². The van der Waals surface area contributed by atoms with Crippen molar-refractivity contribution in [1.82, 2.24) is 0 Å². The zero-order valence-electron chi connectivity index (χ0n) is 6.50. The summed E-state index contributed by atoms with van der Waals surface area (Å²) in [6.45, 7) is 6.13. The van der Waals surface area contributed by atoms with Gasteiger partial charge < -0.3 is 14.0 Å². The lowest BCUT2D eigenvalue weighted by atomic mass is 10.1. The quantitative estimate of drug-likeness (QED) is 0.533. The molecular weight excluding hydrogens is 131 g/mol. The maximum atomic E-state index is 5.19. The van der Waals surface area contributed by atoms with Crippen molar-refractivity contribution in [1.29, 1.82) is 0 Å². The molecule has 1 aliphatic rings. The summed E-state index contributed by atoms with van der Waals surface area (Å²) >= 11 is 0. The molecule has 1 fully saturated rings. The van der Waals surface area contributed by atoms with Crippen LogP contribution < -0.4 is 0 Å². The Labute approximate surface area is 61.8 Å². The zero-order valence-corrected chi connectivity index (χ0v) is 6.50. The van der Waals surface area contributed by atoms with Crippen molar-refractivity contribution in [3.05, 3.63) is 0 Å². The van der Waals surface area contributed by atoms with Crippen LogP contribution in [0.2, 0.25) is 0 Å². The second-order valence-corrected chi connectivity index (χ2v) is 2.52. The highest BCUT2D eigenvalue weighted by molar-refractivity contribution is 6.36. The molecule has 0 amide bonds. The highest BCUT2D eigenvalue weighted by Gasteiger charge is 2.26. The van der Waals surface area contributed by atoms with Crippen molar-refractivity contribution >= 4 is 7.32 Å². The van der Waals surface area contributed by atoms with Gasteiger partial charge in [-0.25, -0.2) is 0 Å². The van der Waals surface area contributed by atoms with Crippen molar-refractivity contribution in [3.8, 4) is 0 Å². The average molecular weight is 144 g/mol. The molecule has 0 aliphatic carbocycles. The van der Waals surface area contributed by atoms with E-state index in [4.69, 9.17) is 14.0 Å². The third-order valence-corrected chi connectivity index (χ3v) is 1.34. The first-order valence-electron chi connectivity index (χ1n) is 3.67. The molecule has 58 valence electrons. The van der Waals surface area contributed by atoms with E-state index >= 15 is 0 Å². The Morgan fingerprint density at radius 1 is 1.50 bits per heavy atom. The fourth-order valence-electron chi connectivity index (χ4n) is 0.814. The largest absolute Gasteiger partial charge is 0.639 e. The predicted octanol–water partition coefficient (Wildman–Crippen LogP) is 0.691. The van der Waals surface area contributed by atoms with Crippen LogP contribution in [0.4, 0.5) is 0 Å². The van der Waals surface area contributed by atoms with Crippen molar-refractivity contribution in [2.75, 3.05) is 19.8 Å². The molecule has 0 aromatic rings. The molecule has 10 heavy (non-hydrogen) atoms. The maximum Gasteiger partial charge on any atom is 0.639 e. The van der Waals surface area contributed by atoms with E-state index in [9.17, 15) is 0 Å². The van der Waals surface area contributed by atoms with Crippen LogP contribution in [0.15, 0.2) is 0 Å². The third-order valence-electron chi connectivity index (χ3n) is 1.34. The molecule has 0 radical (unpaired) electrons. The summed E-state index contributed by atoms with van der Waals surface area (Å²) in [5.41, 5.74) is 0. The summed E-state index contributed by atoms with van der Waals surface area (Å²) < 4.78 is 15.5. The first-order valence-corrected chi connectivity index (χ1v) is 3.67. The minimum Gasteiger partial charge on any atom is -0.386 e. The molecule has 0 saturated carbocycles. The van der Waals surface area contributed by atoms with Gasteiger partial charge in [-0.3, -0.25) is 0 Å². The van der Waals surface area contributed by atoms with Crippen molar-refractivity contribution in [2.45, 2.75) is 13.8 Å². The molecule has 0 aromatic carbocycles. The Bertz CT molecular complexity index is 91.0. The smallest absolute Gasteiger partial charge is 0.386 e. The fraction of sp³-hybridized carbons (Fsp3) is 1.00. The van der Waals surface area contributed by atoms with Gasteiger partial charge in [0.1, 0.15) is 0 Å². The zero-order chi connectivity index (χ0) is 7.40. The Balaban J connectivity index is 2.13. The molecule has 1 saturated heterocycles. The summed E-state index contributed by atoms with van der Waals surface area (Å²) in [5, 5.41) is 0. The van der Waals surface area contributed by atoms with Gasteiger partial charge in [-0.1, -0.05) is 6.92 Å². The average Bonchev–Trinajstić information content (AvgIpc) is 1.95. The molecule has 1 heterocycles. The normalized spacial score (nSPS) is 21.6. The Hall–Kier alpha value is -0.0551. The predicted molar refractivity (Wildman–Crippen MR) is 38.4 cm³/mol. The van der Waals surface area contributed by atoms with Crippen LogP contribution in [0.1, 0.15) is 13.8 Å². The first-order chi connectivity index (χ1) is 4.83. The Morgan fingerprint density at radius 3 is 2.60 bits per heavy atom. The molecule has 0 N–H and O–H groups in total. The summed E-state index contributed by atoms with van der Waals surface area (Å²) in [4.78, 5) is 0. The lowest BCUT2D eigenvalue weighted by Gasteiger charge is -2.23. The van der Waals surface area contributed by atoms with Crippen molar-refractivity contribution in [2.24, 2.45) is 5.92 Å². The molecule has 3 nitrogen and oxygen atoms in total. The van der Waals surface area contributed by atoms with Gasteiger partial charge >= 0.3 is 7.32 Å². The van der Waals surface area contributed by atoms with Gasteiger partial charge in [-0.05, 0) is 12.8 Å². The van der Waals surface area contributed by atoms with Gasteiger partial charge in [0, 0.05) is 19.8 Å². The highest BCUT2D eigenvalue weighted by atomic mass is 16.7. The lowest BCUT2D eigenvalue weighted by molar-refractivity contribution is 0.0257. The molecule has 0 aromatic heterocycles. The summed E-state index contributed by atoms with van der Waals surface area (Å²) in [5.74, 6) is 0.497. The van der Waals surface area contributed by atoms with Crippen LogP contribution in [0.25, 0.3) is 0 Å². The van der Waals surface area contributed by atoms with Crippen molar-refractivity contribution < 1.29 is 14.0 Å². The van der Waals surface area contributed by atoms with Crippen molar-refractivity contribution in [3.63, 3.8) is 0 Å². The molecule has 1 rings (SSSR count). The second-order valence-electron chi connectivity index (χ2n) is 2.52. The Kier molecular flexibility index (Phi) is 3.18. The van der Waals surface area contributed by atoms with E-state index in [1.54, 1.807) is 0 Å². The van der Waals surface area contributed by atoms with E-state index in [0.29, 0.717) is 12.5 Å². The first kappa shape index (κ1) is 8.05. The van der Waals surface area contributed by atoms with Gasteiger partial charge in [-0.15, -0.1) is 0 Å². The standard InChI is InChI=1S/C6H13BO3/c1-3-8-7-9-4-6(2)5-10-7/h6H,3-5H2,1-2H3. The van der Waals surface area contributed by atoms with Gasteiger partial charge in [0.05, 0.1) is 0 Å². The molecular formula is C6H13BO3. The lowest BCUT2D eigenvalue weighted by Crippen LogP contribution is -2.36. The van der Waals surface area contributed by atoms with Crippen LogP contribution >= 0.6 is 0 Å². The second kappa shape index (κ2) is 3.96. The summed E-state index contributed by atoms with van der Waals surface area (Å²) in [6.07, 6.45) is 0. The van der Waals surface area contributed by atoms with E-state index in [2.05, 4.69) is 6.92 Å². The molecule has 1 aliphatic heterocycles. The van der Waals surface area contributed by atoms with Crippen LogP contribution in [0, 0.1) is 5.92 Å². The number of hydrogen-bond donors (Lipinski definition) is 0. The minimum absolute atomic E-state index is 0.416. The molecule has 0 bridgehead atoms. The topological polar surface area (TPSA) is 27.7 Å². The van der Waals surface area contributed by atoms with E-state index in [0.717, 1.165) is 13.2 Å². The SMILES string of the molecule is CCOB1OCC(C)CO1. The van der Waals surface area contributed by atoms with Crippen LogP contribution in [-0.2, 0) is 14.0 Å².